The highest BCUT2D eigenvalue weighted by Crippen LogP contribution is 2.29. The molecule has 0 aliphatic carbocycles. The van der Waals surface area contributed by atoms with Crippen molar-refractivity contribution in [3.05, 3.63) is 23.8 Å². The Balaban J connectivity index is 2.27. The third-order valence-corrected chi connectivity index (χ3v) is 3.13. The summed E-state index contributed by atoms with van der Waals surface area (Å²) in [5.41, 5.74) is 2.18. The standard InChI is InChI=1S/C13H18N2O2/c1-10-4-5-12(17-3)11(8-10)15-7-6-14(2)13(16)9-15/h4-5,8H,6-7,9H2,1-3H3. The molecule has 0 aromatic heterocycles. The van der Waals surface area contributed by atoms with Crippen LogP contribution < -0.4 is 9.64 Å². The Kier molecular flexibility index (Phi) is 3.22. The number of anilines is 1. The van der Waals surface area contributed by atoms with Gasteiger partial charge < -0.3 is 14.5 Å². The van der Waals surface area contributed by atoms with E-state index in [2.05, 4.69) is 11.0 Å². The zero-order valence-corrected chi connectivity index (χ0v) is 10.6. The second kappa shape index (κ2) is 4.65. The predicted molar refractivity (Wildman–Crippen MR) is 67.6 cm³/mol. The molecule has 1 amide bonds. The van der Waals surface area contributed by atoms with Crippen LogP contribution in [0.5, 0.6) is 5.75 Å². The molecule has 1 aliphatic heterocycles. The van der Waals surface area contributed by atoms with Gasteiger partial charge in [-0.2, -0.15) is 0 Å². The molecule has 0 unspecified atom stereocenters. The average Bonchev–Trinajstić information content (AvgIpc) is 2.32. The number of rotatable bonds is 2. The molecule has 4 heteroatoms. The van der Waals surface area contributed by atoms with Crippen molar-refractivity contribution in [2.45, 2.75) is 6.92 Å². The summed E-state index contributed by atoms with van der Waals surface area (Å²) < 4.78 is 5.35. The molecule has 0 bridgehead atoms. The first kappa shape index (κ1) is 11.8. The highest BCUT2D eigenvalue weighted by atomic mass is 16.5. The zero-order chi connectivity index (χ0) is 12.4. The number of aryl methyl sites for hydroxylation is 1. The number of ether oxygens (including phenoxy) is 1. The van der Waals surface area contributed by atoms with Crippen LogP contribution in [0.3, 0.4) is 0 Å². The molecule has 0 atom stereocenters. The summed E-state index contributed by atoms with van der Waals surface area (Å²) in [7, 11) is 3.50. The van der Waals surface area contributed by atoms with Gasteiger partial charge in [-0.25, -0.2) is 0 Å². The van der Waals surface area contributed by atoms with Crippen LogP contribution in [0.4, 0.5) is 5.69 Å². The number of hydrogen-bond donors (Lipinski definition) is 0. The molecule has 0 saturated carbocycles. The third-order valence-electron chi connectivity index (χ3n) is 3.13. The Morgan fingerprint density at radius 2 is 2.06 bits per heavy atom. The van der Waals surface area contributed by atoms with Crippen molar-refractivity contribution in [2.75, 3.05) is 38.7 Å². The Bertz CT molecular complexity index is 431. The number of amides is 1. The smallest absolute Gasteiger partial charge is 0.241 e. The number of methoxy groups -OCH3 is 1. The number of hydrogen-bond acceptors (Lipinski definition) is 3. The van der Waals surface area contributed by atoms with Crippen LogP contribution in [0.15, 0.2) is 18.2 Å². The molecule has 17 heavy (non-hydrogen) atoms. The van der Waals surface area contributed by atoms with Crippen molar-refractivity contribution in [1.82, 2.24) is 4.90 Å². The fraction of sp³-hybridized carbons (Fsp3) is 0.462. The van der Waals surface area contributed by atoms with E-state index in [1.807, 2.05) is 26.1 Å². The molecule has 0 N–H and O–H groups in total. The number of nitrogens with zero attached hydrogens (tertiary/aromatic N) is 2. The van der Waals surface area contributed by atoms with Crippen molar-refractivity contribution in [1.29, 1.82) is 0 Å². The van der Waals surface area contributed by atoms with Gasteiger partial charge in [0.05, 0.1) is 19.3 Å². The molecule has 2 rings (SSSR count). The van der Waals surface area contributed by atoms with Crippen LogP contribution in [0.1, 0.15) is 5.56 Å². The fourth-order valence-corrected chi connectivity index (χ4v) is 2.01. The summed E-state index contributed by atoms with van der Waals surface area (Å²) in [6.07, 6.45) is 0. The maximum Gasteiger partial charge on any atom is 0.241 e. The van der Waals surface area contributed by atoms with Crippen LogP contribution in [0, 0.1) is 6.92 Å². The molecule has 92 valence electrons. The summed E-state index contributed by atoms with van der Waals surface area (Å²) in [5.74, 6) is 0.979. The monoisotopic (exact) mass is 234 g/mol. The van der Waals surface area contributed by atoms with E-state index >= 15 is 0 Å². The first-order valence-electron chi connectivity index (χ1n) is 5.75. The molecule has 0 spiro atoms. The normalized spacial score (nSPS) is 16.3. The minimum atomic E-state index is 0.153. The van der Waals surface area contributed by atoms with Crippen molar-refractivity contribution in [2.24, 2.45) is 0 Å². The van der Waals surface area contributed by atoms with E-state index in [0.717, 1.165) is 24.5 Å². The quantitative estimate of drug-likeness (QED) is 0.773. The molecule has 0 radical (unpaired) electrons. The Morgan fingerprint density at radius 1 is 1.29 bits per heavy atom. The van der Waals surface area contributed by atoms with Crippen LogP contribution in [-0.4, -0.2) is 44.6 Å². The fourth-order valence-electron chi connectivity index (χ4n) is 2.01. The van der Waals surface area contributed by atoms with E-state index in [9.17, 15) is 4.79 Å². The van der Waals surface area contributed by atoms with E-state index in [-0.39, 0.29) is 5.91 Å². The van der Waals surface area contributed by atoms with Crippen LogP contribution in [-0.2, 0) is 4.79 Å². The van der Waals surface area contributed by atoms with Gasteiger partial charge in [-0.05, 0) is 24.6 Å². The first-order valence-corrected chi connectivity index (χ1v) is 5.75. The van der Waals surface area contributed by atoms with E-state index in [0.29, 0.717) is 6.54 Å². The van der Waals surface area contributed by atoms with Crippen molar-refractivity contribution in [3.63, 3.8) is 0 Å². The second-order valence-electron chi connectivity index (χ2n) is 4.41. The Morgan fingerprint density at radius 3 is 2.71 bits per heavy atom. The van der Waals surface area contributed by atoms with Gasteiger partial charge in [0.25, 0.3) is 0 Å². The lowest BCUT2D eigenvalue weighted by molar-refractivity contribution is -0.129. The van der Waals surface area contributed by atoms with Gasteiger partial charge in [0.1, 0.15) is 5.75 Å². The van der Waals surface area contributed by atoms with Gasteiger partial charge in [0.2, 0.25) is 5.91 Å². The van der Waals surface area contributed by atoms with Crippen molar-refractivity contribution >= 4 is 11.6 Å². The molecule has 1 aliphatic rings. The molecule has 1 aromatic carbocycles. The number of carbonyl (C=O) groups is 1. The molecular weight excluding hydrogens is 216 g/mol. The molecular formula is C13H18N2O2. The van der Waals surface area contributed by atoms with Gasteiger partial charge in [0, 0.05) is 20.1 Å². The largest absolute Gasteiger partial charge is 0.495 e. The van der Waals surface area contributed by atoms with Crippen molar-refractivity contribution < 1.29 is 9.53 Å². The number of carbonyl (C=O) groups excluding carboxylic acids is 1. The van der Waals surface area contributed by atoms with Gasteiger partial charge in [-0.15, -0.1) is 0 Å². The highest BCUT2D eigenvalue weighted by molar-refractivity contribution is 5.83. The van der Waals surface area contributed by atoms with Crippen molar-refractivity contribution in [3.8, 4) is 5.75 Å². The lowest BCUT2D eigenvalue weighted by Crippen LogP contribution is -2.48. The summed E-state index contributed by atoms with van der Waals surface area (Å²) in [4.78, 5) is 15.5. The second-order valence-corrected chi connectivity index (χ2v) is 4.41. The topological polar surface area (TPSA) is 32.8 Å². The Labute approximate surface area is 102 Å². The SMILES string of the molecule is COc1ccc(C)cc1N1CCN(C)C(=O)C1. The van der Waals surface area contributed by atoms with Crippen LogP contribution in [0.2, 0.25) is 0 Å². The zero-order valence-electron chi connectivity index (χ0n) is 10.6. The number of likely N-dealkylation sites (N-methyl/N-ethyl adjacent to an activating group) is 1. The van der Waals surface area contributed by atoms with E-state index in [1.165, 1.54) is 5.56 Å². The molecule has 1 saturated heterocycles. The predicted octanol–water partition coefficient (Wildman–Crippen LogP) is 1.28. The van der Waals surface area contributed by atoms with Gasteiger partial charge >= 0.3 is 0 Å². The minimum Gasteiger partial charge on any atom is -0.495 e. The summed E-state index contributed by atoms with van der Waals surface area (Å²) in [5, 5.41) is 0. The van der Waals surface area contributed by atoms with Gasteiger partial charge in [-0.3, -0.25) is 4.79 Å². The summed E-state index contributed by atoms with van der Waals surface area (Å²) in [6, 6.07) is 6.03. The number of benzene rings is 1. The lowest BCUT2D eigenvalue weighted by atomic mass is 10.1. The summed E-state index contributed by atoms with van der Waals surface area (Å²) >= 11 is 0. The van der Waals surface area contributed by atoms with Crippen LogP contribution >= 0.6 is 0 Å². The number of piperazine rings is 1. The maximum atomic E-state index is 11.7. The Hall–Kier alpha value is -1.71. The highest BCUT2D eigenvalue weighted by Gasteiger charge is 2.23. The van der Waals surface area contributed by atoms with E-state index < -0.39 is 0 Å². The third kappa shape index (κ3) is 2.35. The lowest BCUT2D eigenvalue weighted by Gasteiger charge is -2.34. The molecule has 4 nitrogen and oxygen atoms in total. The molecule has 1 heterocycles. The minimum absolute atomic E-state index is 0.153. The van der Waals surface area contributed by atoms with Gasteiger partial charge in [-0.1, -0.05) is 6.07 Å². The molecule has 1 aromatic rings. The first-order chi connectivity index (χ1) is 8.11. The van der Waals surface area contributed by atoms with Gasteiger partial charge in [0.15, 0.2) is 0 Å². The van der Waals surface area contributed by atoms with Crippen LogP contribution in [0.25, 0.3) is 0 Å². The summed E-state index contributed by atoms with van der Waals surface area (Å²) in [6.45, 7) is 4.08. The maximum absolute atomic E-state index is 11.7. The molecule has 1 fully saturated rings. The average molecular weight is 234 g/mol. The van der Waals surface area contributed by atoms with E-state index in [4.69, 9.17) is 4.74 Å². The van der Waals surface area contributed by atoms with E-state index in [1.54, 1.807) is 12.0 Å².